The fourth-order valence-corrected chi connectivity index (χ4v) is 3.38. The van der Waals surface area contributed by atoms with Gasteiger partial charge < -0.3 is 9.47 Å². The van der Waals surface area contributed by atoms with E-state index in [9.17, 15) is 9.59 Å². The summed E-state index contributed by atoms with van der Waals surface area (Å²) in [4.78, 5) is 25.8. The van der Waals surface area contributed by atoms with Gasteiger partial charge in [0.25, 0.3) is 11.8 Å². The molecule has 0 unspecified atom stereocenters. The Morgan fingerprint density at radius 1 is 1.17 bits per heavy atom. The summed E-state index contributed by atoms with van der Waals surface area (Å²) < 4.78 is 10.9. The normalized spacial score (nSPS) is 19.1. The predicted molar refractivity (Wildman–Crippen MR) is 84.1 cm³/mol. The summed E-state index contributed by atoms with van der Waals surface area (Å²) in [6.07, 6.45) is 0.744. The van der Waals surface area contributed by atoms with Crippen molar-refractivity contribution in [2.24, 2.45) is 0 Å². The van der Waals surface area contributed by atoms with Crippen LogP contribution in [0.4, 0.5) is 0 Å². The molecular weight excluding hydrogens is 296 g/mol. The smallest absolute Gasteiger partial charge is 0.258 e. The Labute approximate surface area is 135 Å². The highest BCUT2D eigenvalue weighted by Crippen LogP contribution is 2.38. The Balaban J connectivity index is 2.08. The maximum Gasteiger partial charge on any atom is 0.258 e. The molecule has 0 bridgehead atoms. The molecule has 23 heavy (non-hydrogen) atoms. The number of rotatable bonds is 3. The van der Waals surface area contributed by atoms with Crippen LogP contribution in [0.2, 0.25) is 0 Å². The van der Waals surface area contributed by atoms with E-state index in [1.54, 1.807) is 7.11 Å². The second-order valence-electron chi connectivity index (χ2n) is 5.86. The van der Waals surface area contributed by atoms with Gasteiger partial charge in [-0.05, 0) is 30.5 Å². The fraction of sp³-hybridized carbons (Fsp3) is 0.529. The summed E-state index contributed by atoms with van der Waals surface area (Å²) in [7, 11) is 1.58. The molecule has 6 heteroatoms. The largest absolute Gasteiger partial charge is 0.496 e. The van der Waals surface area contributed by atoms with Gasteiger partial charge in [-0.1, -0.05) is 13.0 Å². The van der Waals surface area contributed by atoms with Crippen molar-refractivity contribution in [3.8, 4) is 5.75 Å². The second kappa shape index (κ2) is 6.20. The van der Waals surface area contributed by atoms with E-state index in [-0.39, 0.29) is 11.8 Å². The van der Waals surface area contributed by atoms with E-state index < -0.39 is 5.92 Å². The van der Waals surface area contributed by atoms with Crippen molar-refractivity contribution >= 4 is 11.8 Å². The number of carbonyl (C=O) groups excluding carboxylic acids is 2. The van der Waals surface area contributed by atoms with Crippen molar-refractivity contribution in [1.82, 2.24) is 10.0 Å². The lowest BCUT2D eigenvalue weighted by Crippen LogP contribution is -2.41. The molecule has 2 amide bonds. The number of hydrogen-bond acceptors (Lipinski definition) is 4. The number of amides is 2. The predicted octanol–water partition coefficient (Wildman–Crippen LogP) is 1.27. The molecule has 0 atom stereocenters. The minimum Gasteiger partial charge on any atom is -0.496 e. The molecule has 2 aliphatic heterocycles. The molecule has 0 spiro atoms. The molecule has 2 aliphatic rings. The van der Waals surface area contributed by atoms with Crippen molar-refractivity contribution in [2.45, 2.75) is 26.2 Å². The maximum absolute atomic E-state index is 12.9. The number of nitrogens with zero attached hydrogens (tertiary/aromatic N) is 2. The molecule has 1 aromatic rings. The summed E-state index contributed by atoms with van der Waals surface area (Å²) in [6.45, 7) is 5.74. The topological polar surface area (TPSA) is 59.1 Å². The molecule has 124 valence electrons. The first-order valence-electron chi connectivity index (χ1n) is 7.96. The first-order chi connectivity index (χ1) is 11.1. The van der Waals surface area contributed by atoms with Crippen LogP contribution < -0.4 is 4.74 Å². The molecule has 0 aromatic heterocycles. The van der Waals surface area contributed by atoms with Crippen LogP contribution in [0.15, 0.2) is 12.1 Å². The molecule has 0 aliphatic carbocycles. The van der Waals surface area contributed by atoms with Gasteiger partial charge in [-0.25, -0.2) is 10.0 Å². The Hall–Kier alpha value is -2.08. The summed E-state index contributed by atoms with van der Waals surface area (Å²) in [5.41, 5.74) is 2.76. The maximum atomic E-state index is 12.9. The van der Waals surface area contributed by atoms with Crippen molar-refractivity contribution < 1.29 is 19.1 Å². The number of carbonyl (C=O) groups is 2. The van der Waals surface area contributed by atoms with Gasteiger partial charge in [-0.15, -0.1) is 0 Å². The third-order valence-corrected chi connectivity index (χ3v) is 4.45. The lowest BCUT2D eigenvalue weighted by atomic mass is 9.90. The number of aryl methyl sites for hydroxylation is 2. The number of benzene rings is 1. The average Bonchev–Trinajstić information content (AvgIpc) is 2.74. The van der Waals surface area contributed by atoms with Crippen LogP contribution in [-0.2, 0) is 20.7 Å². The van der Waals surface area contributed by atoms with E-state index in [0.717, 1.165) is 17.5 Å². The van der Waals surface area contributed by atoms with Crippen LogP contribution in [0.1, 0.15) is 29.5 Å². The molecule has 1 aromatic carbocycles. The van der Waals surface area contributed by atoms with E-state index in [1.807, 2.05) is 26.0 Å². The minimum absolute atomic E-state index is 0.183. The van der Waals surface area contributed by atoms with Crippen LogP contribution in [0.25, 0.3) is 0 Å². The zero-order valence-electron chi connectivity index (χ0n) is 13.8. The van der Waals surface area contributed by atoms with Crippen molar-refractivity contribution in [2.75, 3.05) is 33.4 Å². The van der Waals surface area contributed by atoms with E-state index >= 15 is 0 Å². The molecule has 2 saturated heterocycles. The zero-order chi connectivity index (χ0) is 16.6. The molecule has 0 saturated carbocycles. The van der Waals surface area contributed by atoms with E-state index in [1.165, 1.54) is 10.0 Å². The van der Waals surface area contributed by atoms with E-state index in [4.69, 9.17) is 9.47 Å². The quantitative estimate of drug-likeness (QED) is 0.788. The van der Waals surface area contributed by atoms with Crippen LogP contribution >= 0.6 is 0 Å². The lowest BCUT2D eigenvalue weighted by molar-refractivity contribution is -0.145. The van der Waals surface area contributed by atoms with Gasteiger partial charge in [0, 0.05) is 5.56 Å². The molecule has 6 nitrogen and oxygen atoms in total. The average molecular weight is 318 g/mol. The summed E-state index contributed by atoms with van der Waals surface area (Å²) in [6, 6.07) is 3.91. The number of ether oxygens (including phenoxy) is 2. The first kappa shape index (κ1) is 15.8. The Bertz CT molecular complexity index is 594. The molecule has 2 heterocycles. The summed E-state index contributed by atoms with van der Waals surface area (Å²) >= 11 is 0. The van der Waals surface area contributed by atoms with E-state index in [2.05, 4.69) is 0 Å². The molecule has 0 N–H and O–H groups in total. The van der Waals surface area contributed by atoms with Crippen molar-refractivity contribution in [3.05, 3.63) is 28.8 Å². The van der Waals surface area contributed by atoms with Gasteiger partial charge in [-0.3, -0.25) is 9.59 Å². The number of methoxy groups -OCH3 is 1. The number of fused-ring (bicyclic) bond motifs is 1. The Morgan fingerprint density at radius 3 is 2.30 bits per heavy atom. The molecule has 3 rings (SSSR count). The zero-order valence-corrected chi connectivity index (χ0v) is 13.8. The monoisotopic (exact) mass is 318 g/mol. The van der Waals surface area contributed by atoms with Gasteiger partial charge >= 0.3 is 0 Å². The number of hydrazine groups is 1. The molecule has 2 fully saturated rings. The SMILES string of the molecule is CCc1cc(C)cc(OC)c1C1C(=O)N2CCOCCN2C1=O. The van der Waals surface area contributed by atoms with Gasteiger partial charge in [0.15, 0.2) is 0 Å². The van der Waals surface area contributed by atoms with Crippen LogP contribution in [0.5, 0.6) is 5.75 Å². The van der Waals surface area contributed by atoms with Crippen molar-refractivity contribution in [3.63, 3.8) is 0 Å². The van der Waals surface area contributed by atoms with Gasteiger partial charge in [0.2, 0.25) is 0 Å². The summed E-state index contributed by atoms with van der Waals surface area (Å²) in [5.74, 6) is -0.558. The fourth-order valence-electron chi connectivity index (χ4n) is 3.38. The standard InChI is InChI=1S/C17H22N2O4/c1-4-12-9-11(2)10-13(22-3)14(12)15-16(20)18-5-7-23-8-6-19(18)17(15)21/h9-10,15H,4-8H2,1-3H3. The van der Waals surface area contributed by atoms with Gasteiger partial charge in [0.05, 0.1) is 33.4 Å². The third kappa shape index (κ3) is 2.57. The van der Waals surface area contributed by atoms with Gasteiger partial charge in [0.1, 0.15) is 11.7 Å². The number of hydrogen-bond donors (Lipinski definition) is 0. The molecule has 0 radical (unpaired) electrons. The summed E-state index contributed by atoms with van der Waals surface area (Å²) in [5, 5.41) is 3.05. The second-order valence-corrected chi connectivity index (χ2v) is 5.86. The third-order valence-electron chi connectivity index (χ3n) is 4.45. The molecular formula is C17H22N2O4. The Kier molecular flexibility index (Phi) is 4.26. The van der Waals surface area contributed by atoms with Crippen LogP contribution in [-0.4, -0.2) is 55.2 Å². The lowest BCUT2D eigenvalue weighted by Gasteiger charge is -2.23. The highest BCUT2D eigenvalue weighted by molar-refractivity contribution is 6.11. The van der Waals surface area contributed by atoms with E-state index in [0.29, 0.717) is 37.6 Å². The highest BCUT2D eigenvalue weighted by Gasteiger charge is 2.48. The minimum atomic E-state index is -0.807. The van der Waals surface area contributed by atoms with Crippen molar-refractivity contribution in [1.29, 1.82) is 0 Å². The Morgan fingerprint density at radius 2 is 1.78 bits per heavy atom. The highest BCUT2D eigenvalue weighted by atomic mass is 16.5. The first-order valence-corrected chi connectivity index (χ1v) is 7.96. The van der Waals surface area contributed by atoms with Gasteiger partial charge in [-0.2, -0.15) is 0 Å². The van der Waals surface area contributed by atoms with Crippen LogP contribution in [0.3, 0.4) is 0 Å². The van der Waals surface area contributed by atoms with Crippen LogP contribution in [0, 0.1) is 6.92 Å².